The van der Waals surface area contributed by atoms with Crippen LogP contribution in [-0.4, -0.2) is 53.8 Å². The molecule has 0 saturated heterocycles. The number of benzene rings is 2. The Kier molecular flexibility index (Phi) is 9.47. The summed E-state index contributed by atoms with van der Waals surface area (Å²) < 4.78 is 5.51. The van der Waals surface area contributed by atoms with Crippen molar-refractivity contribution in [3.63, 3.8) is 0 Å². The maximum Gasteiger partial charge on any atom is 0.407 e. The number of carbonyl (C=O) groups is 3. The molecule has 0 fully saturated rings. The number of aliphatic hydroxyl groups is 1. The van der Waals surface area contributed by atoms with Gasteiger partial charge in [-0.3, -0.25) is 20.0 Å². The first-order valence-corrected chi connectivity index (χ1v) is 12.5. The number of hydrazine groups is 1. The summed E-state index contributed by atoms with van der Waals surface area (Å²) >= 11 is 0. The largest absolute Gasteiger partial charge is 0.449 e. The molecule has 2 aromatic rings. The van der Waals surface area contributed by atoms with Crippen LogP contribution in [0, 0.1) is 11.8 Å². The fourth-order valence-corrected chi connectivity index (χ4v) is 4.34. The molecule has 194 valence electrons. The maximum atomic E-state index is 13.1. The van der Waals surface area contributed by atoms with Crippen LogP contribution >= 0.6 is 0 Å². The van der Waals surface area contributed by atoms with E-state index in [9.17, 15) is 19.5 Å². The zero-order valence-corrected chi connectivity index (χ0v) is 21.5. The Hall–Kier alpha value is -3.39. The van der Waals surface area contributed by atoms with Crippen molar-refractivity contribution in [1.82, 2.24) is 15.8 Å². The van der Waals surface area contributed by atoms with Gasteiger partial charge in [0, 0.05) is 18.9 Å². The number of hydrogen-bond donors (Lipinski definition) is 3. The van der Waals surface area contributed by atoms with Crippen LogP contribution in [0.1, 0.15) is 57.6 Å². The van der Waals surface area contributed by atoms with E-state index < -0.39 is 24.6 Å². The monoisotopic (exact) mass is 495 g/mol. The number of amides is 3. The quantitative estimate of drug-likeness (QED) is 0.434. The zero-order valence-electron chi connectivity index (χ0n) is 21.5. The molecule has 1 aliphatic rings. The van der Waals surface area contributed by atoms with Crippen LogP contribution in [0.15, 0.2) is 48.5 Å². The molecule has 1 aliphatic carbocycles. The van der Waals surface area contributed by atoms with Crippen LogP contribution < -0.4 is 10.7 Å². The van der Waals surface area contributed by atoms with E-state index in [1.165, 1.54) is 5.01 Å². The average molecular weight is 496 g/mol. The van der Waals surface area contributed by atoms with Gasteiger partial charge in [0.1, 0.15) is 12.6 Å². The molecule has 8 nitrogen and oxygen atoms in total. The topological polar surface area (TPSA) is 108 Å². The molecule has 3 amide bonds. The molecular weight excluding hydrogens is 458 g/mol. The van der Waals surface area contributed by atoms with Gasteiger partial charge in [-0.05, 0) is 40.5 Å². The van der Waals surface area contributed by atoms with Crippen LogP contribution in [0.5, 0.6) is 0 Å². The van der Waals surface area contributed by atoms with E-state index in [1.807, 2.05) is 76.2 Å². The minimum atomic E-state index is -1.25. The normalized spacial score (nSPS) is 13.2. The summed E-state index contributed by atoms with van der Waals surface area (Å²) in [5, 5.41) is 13.5. The third-order valence-electron chi connectivity index (χ3n) is 6.14. The minimum absolute atomic E-state index is 0.0631. The van der Waals surface area contributed by atoms with Crippen LogP contribution in [0.2, 0.25) is 0 Å². The van der Waals surface area contributed by atoms with Crippen molar-refractivity contribution < 1.29 is 24.2 Å². The molecule has 36 heavy (non-hydrogen) atoms. The Labute approximate surface area is 213 Å². The SMILES string of the molecule is CC(C)CCC(=O)NN(CC(C)C)C(=O)[C@@H](CO)NC(=O)OCC1c2ccccc2-c2ccccc21. The molecule has 0 spiro atoms. The van der Waals surface area contributed by atoms with E-state index >= 15 is 0 Å². The molecule has 0 aliphatic heterocycles. The molecule has 0 aromatic heterocycles. The highest BCUT2D eigenvalue weighted by atomic mass is 16.5. The lowest BCUT2D eigenvalue weighted by Crippen LogP contribution is -2.57. The van der Waals surface area contributed by atoms with E-state index in [4.69, 9.17) is 4.74 Å². The van der Waals surface area contributed by atoms with Crippen molar-refractivity contribution in [3.8, 4) is 11.1 Å². The number of alkyl carbamates (subject to hydrolysis) is 1. The van der Waals surface area contributed by atoms with Gasteiger partial charge in [-0.1, -0.05) is 76.2 Å². The Morgan fingerprint density at radius 3 is 2.06 bits per heavy atom. The number of nitrogens with zero attached hydrogens (tertiary/aromatic N) is 1. The molecule has 0 heterocycles. The second kappa shape index (κ2) is 12.5. The third-order valence-corrected chi connectivity index (χ3v) is 6.14. The van der Waals surface area contributed by atoms with Crippen molar-refractivity contribution in [2.45, 2.75) is 52.5 Å². The second-order valence-corrected chi connectivity index (χ2v) is 10.0. The van der Waals surface area contributed by atoms with Gasteiger partial charge in [-0.15, -0.1) is 0 Å². The highest BCUT2D eigenvalue weighted by Crippen LogP contribution is 2.44. The third kappa shape index (κ3) is 6.85. The van der Waals surface area contributed by atoms with Gasteiger partial charge in [0.15, 0.2) is 0 Å². The fraction of sp³-hybridized carbons (Fsp3) is 0.464. The number of aliphatic hydroxyl groups excluding tert-OH is 1. The van der Waals surface area contributed by atoms with E-state index in [1.54, 1.807) is 0 Å². The van der Waals surface area contributed by atoms with Gasteiger partial charge in [0.25, 0.3) is 5.91 Å². The molecule has 8 heteroatoms. The summed E-state index contributed by atoms with van der Waals surface area (Å²) in [7, 11) is 0. The highest BCUT2D eigenvalue weighted by Gasteiger charge is 2.31. The first-order valence-electron chi connectivity index (χ1n) is 12.5. The predicted molar refractivity (Wildman–Crippen MR) is 138 cm³/mol. The van der Waals surface area contributed by atoms with E-state index in [0.717, 1.165) is 22.3 Å². The van der Waals surface area contributed by atoms with Crippen LogP contribution in [0.25, 0.3) is 11.1 Å². The Balaban J connectivity index is 1.63. The zero-order chi connectivity index (χ0) is 26.2. The minimum Gasteiger partial charge on any atom is -0.449 e. The van der Waals surface area contributed by atoms with Gasteiger partial charge in [-0.2, -0.15) is 0 Å². The summed E-state index contributed by atoms with van der Waals surface area (Å²) in [4.78, 5) is 38.1. The van der Waals surface area contributed by atoms with Crippen LogP contribution in [0.3, 0.4) is 0 Å². The standard InChI is InChI=1S/C28H37N3O5/c1-18(2)13-14-26(33)30-31(15-19(3)4)27(34)25(16-32)29-28(35)36-17-24-22-11-7-5-9-20(22)21-10-6-8-12-23(21)24/h5-12,18-19,24-25,32H,13-17H2,1-4H3,(H,29,35)(H,30,33)/t25-/m1/s1. The van der Waals surface area contributed by atoms with Crippen molar-refractivity contribution in [2.24, 2.45) is 11.8 Å². The van der Waals surface area contributed by atoms with E-state index in [0.29, 0.717) is 12.3 Å². The number of carbonyl (C=O) groups excluding carboxylic acids is 3. The van der Waals surface area contributed by atoms with Crippen molar-refractivity contribution in [3.05, 3.63) is 59.7 Å². The first kappa shape index (κ1) is 27.2. The molecule has 0 radical (unpaired) electrons. The first-order chi connectivity index (χ1) is 17.2. The molecule has 3 rings (SSSR count). The fourth-order valence-electron chi connectivity index (χ4n) is 4.34. The molecule has 0 unspecified atom stereocenters. The predicted octanol–water partition coefficient (Wildman–Crippen LogP) is 3.84. The lowest BCUT2D eigenvalue weighted by molar-refractivity contribution is -0.144. The smallest absolute Gasteiger partial charge is 0.407 e. The van der Waals surface area contributed by atoms with E-state index in [2.05, 4.69) is 10.7 Å². The number of fused-ring (bicyclic) bond motifs is 3. The Bertz CT molecular complexity index is 1020. The highest BCUT2D eigenvalue weighted by molar-refractivity contribution is 5.88. The summed E-state index contributed by atoms with van der Waals surface area (Å²) in [5.41, 5.74) is 7.01. The maximum absolute atomic E-state index is 13.1. The van der Waals surface area contributed by atoms with Gasteiger partial charge in [-0.25, -0.2) is 4.79 Å². The molecule has 3 N–H and O–H groups in total. The summed E-state index contributed by atoms with van der Waals surface area (Å²) in [6.45, 7) is 7.57. The van der Waals surface area contributed by atoms with Gasteiger partial charge in [0.05, 0.1) is 6.61 Å². The molecular formula is C28H37N3O5. The van der Waals surface area contributed by atoms with Gasteiger partial charge < -0.3 is 15.2 Å². The second-order valence-electron chi connectivity index (χ2n) is 10.0. The van der Waals surface area contributed by atoms with Crippen molar-refractivity contribution in [1.29, 1.82) is 0 Å². The summed E-state index contributed by atoms with van der Waals surface area (Å²) in [6.07, 6.45) is 0.167. The number of ether oxygens (including phenoxy) is 1. The van der Waals surface area contributed by atoms with Gasteiger partial charge in [0.2, 0.25) is 5.91 Å². The Morgan fingerprint density at radius 1 is 0.944 bits per heavy atom. The summed E-state index contributed by atoms with van der Waals surface area (Å²) in [5.74, 6) is -0.587. The van der Waals surface area contributed by atoms with Crippen LogP contribution in [-0.2, 0) is 14.3 Å². The summed E-state index contributed by atoms with van der Waals surface area (Å²) in [6, 6.07) is 14.8. The molecule has 1 atom stereocenters. The molecule has 0 bridgehead atoms. The molecule has 2 aromatic carbocycles. The number of nitrogens with one attached hydrogen (secondary N) is 2. The number of hydrogen-bond acceptors (Lipinski definition) is 5. The van der Waals surface area contributed by atoms with Crippen molar-refractivity contribution in [2.75, 3.05) is 19.8 Å². The number of rotatable bonds is 10. The van der Waals surface area contributed by atoms with Crippen LogP contribution in [0.4, 0.5) is 4.79 Å². The molecule has 0 saturated carbocycles. The van der Waals surface area contributed by atoms with Crippen molar-refractivity contribution >= 4 is 17.9 Å². The van der Waals surface area contributed by atoms with Gasteiger partial charge >= 0.3 is 6.09 Å². The lowest BCUT2D eigenvalue weighted by Gasteiger charge is -2.28. The van der Waals surface area contributed by atoms with E-state index in [-0.39, 0.29) is 37.3 Å². The lowest BCUT2D eigenvalue weighted by atomic mass is 9.98. The Morgan fingerprint density at radius 2 is 1.53 bits per heavy atom. The average Bonchev–Trinajstić information content (AvgIpc) is 3.17.